The van der Waals surface area contributed by atoms with E-state index in [2.05, 4.69) is 34.2 Å². The lowest BCUT2D eigenvalue weighted by molar-refractivity contribution is -0.118. The molecule has 3 rings (SSSR count). The Bertz CT molecular complexity index is 831. The van der Waals surface area contributed by atoms with Crippen molar-refractivity contribution >= 4 is 28.7 Å². The summed E-state index contributed by atoms with van der Waals surface area (Å²) in [5, 5.41) is 8.94. The first-order valence-corrected chi connectivity index (χ1v) is 8.77. The lowest BCUT2D eigenvalue weighted by Crippen LogP contribution is -2.28. The Morgan fingerprint density at radius 3 is 2.79 bits per heavy atom. The second-order valence-corrected chi connectivity index (χ2v) is 6.76. The highest BCUT2D eigenvalue weighted by atomic mass is 32.2. The van der Waals surface area contributed by atoms with E-state index in [9.17, 15) is 4.79 Å². The van der Waals surface area contributed by atoms with Crippen LogP contribution in [0.1, 0.15) is 13.8 Å². The SMILES string of the molecule is CC(C)CNC(=O)CSc1ncnc2c1cnn2-c1ccccc1. The number of carbonyl (C=O) groups excluding carboxylic acids is 1. The number of amides is 1. The first kappa shape index (κ1) is 16.4. The molecule has 0 radical (unpaired) electrons. The van der Waals surface area contributed by atoms with Gasteiger partial charge in [-0.1, -0.05) is 43.8 Å². The van der Waals surface area contributed by atoms with Gasteiger partial charge in [0.25, 0.3) is 0 Å². The van der Waals surface area contributed by atoms with Crippen molar-refractivity contribution in [2.45, 2.75) is 18.9 Å². The lowest BCUT2D eigenvalue weighted by Gasteiger charge is -2.07. The quantitative estimate of drug-likeness (QED) is 0.551. The Balaban J connectivity index is 1.78. The number of hydrogen-bond donors (Lipinski definition) is 1. The Labute approximate surface area is 144 Å². The molecule has 0 atom stereocenters. The largest absolute Gasteiger partial charge is 0.355 e. The van der Waals surface area contributed by atoms with Crippen molar-refractivity contribution < 1.29 is 4.79 Å². The fraction of sp³-hybridized carbons (Fsp3) is 0.294. The molecule has 7 heteroatoms. The maximum absolute atomic E-state index is 11.9. The van der Waals surface area contributed by atoms with Gasteiger partial charge in [0.1, 0.15) is 11.4 Å². The Morgan fingerprint density at radius 1 is 1.25 bits per heavy atom. The Kier molecular flexibility index (Phi) is 5.10. The van der Waals surface area contributed by atoms with Gasteiger partial charge in [-0.2, -0.15) is 5.10 Å². The molecule has 0 aliphatic rings. The van der Waals surface area contributed by atoms with Crippen molar-refractivity contribution in [3.05, 3.63) is 42.9 Å². The second-order valence-electron chi connectivity index (χ2n) is 5.79. The van der Waals surface area contributed by atoms with E-state index in [0.717, 1.165) is 21.7 Å². The maximum atomic E-state index is 11.9. The normalized spacial score (nSPS) is 11.1. The zero-order valence-electron chi connectivity index (χ0n) is 13.6. The van der Waals surface area contributed by atoms with E-state index in [-0.39, 0.29) is 5.91 Å². The number of aromatic nitrogens is 4. The number of nitrogens with zero attached hydrogens (tertiary/aromatic N) is 4. The summed E-state index contributed by atoms with van der Waals surface area (Å²) in [4.78, 5) is 20.5. The molecular weight excluding hydrogens is 322 g/mol. The van der Waals surface area contributed by atoms with Gasteiger partial charge in [-0.15, -0.1) is 0 Å². The molecule has 24 heavy (non-hydrogen) atoms. The van der Waals surface area contributed by atoms with Gasteiger partial charge in [-0.3, -0.25) is 4.79 Å². The van der Waals surface area contributed by atoms with E-state index in [1.807, 2.05) is 30.3 Å². The highest BCUT2D eigenvalue weighted by Crippen LogP contribution is 2.25. The first-order valence-electron chi connectivity index (χ1n) is 7.79. The number of thioether (sulfide) groups is 1. The number of benzene rings is 1. The number of nitrogens with one attached hydrogen (secondary N) is 1. The highest BCUT2D eigenvalue weighted by molar-refractivity contribution is 8.00. The summed E-state index contributed by atoms with van der Waals surface area (Å²) in [6.45, 7) is 4.82. The van der Waals surface area contributed by atoms with Gasteiger partial charge in [0, 0.05) is 6.54 Å². The molecule has 0 aliphatic heterocycles. The minimum Gasteiger partial charge on any atom is -0.355 e. The third-order valence-corrected chi connectivity index (χ3v) is 4.38. The van der Waals surface area contributed by atoms with Crippen LogP contribution in [0.15, 0.2) is 47.9 Å². The monoisotopic (exact) mass is 341 g/mol. The number of carbonyl (C=O) groups is 1. The number of rotatable bonds is 6. The van der Waals surface area contributed by atoms with Crippen LogP contribution < -0.4 is 5.32 Å². The summed E-state index contributed by atoms with van der Waals surface area (Å²) < 4.78 is 1.78. The van der Waals surface area contributed by atoms with Crippen LogP contribution in [0, 0.1) is 5.92 Å². The van der Waals surface area contributed by atoms with Crippen molar-refractivity contribution in [2.75, 3.05) is 12.3 Å². The molecule has 3 aromatic rings. The average molecular weight is 341 g/mol. The molecular formula is C17H19N5OS. The minimum atomic E-state index is 0.0101. The van der Waals surface area contributed by atoms with Crippen LogP contribution in [0.5, 0.6) is 0 Å². The molecule has 0 unspecified atom stereocenters. The van der Waals surface area contributed by atoms with Gasteiger partial charge in [-0.25, -0.2) is 14.6 Å². The minimum absolute atomic E-state index is 0.0101. The van der Waals surface area contributed by atoms with E-state index in [1.54, 1.807) is 10.9 Å². The van der Waals surface area contributed by atoms with Crippen LogP contribution in [-0.4, -0.2) is 38.0 Å². The van der Waals surface area contributed by atoms with Gasteiger partial charge in [0.15, 0.2) is 5.65 Å². The molecule has 6 nitrogen and oxygen atoms in total. The van der Waals surface area contributed by atoms with Crippen molar-refractivity contribution in [3.8, 4) is 5.69 Å². The lowest BCUT2D eigenvalue weighted by atomic mass is 10.2. The van der Waals surface area contributed by atoms with Gasteiger partial charge in [0.2, 0.25) is 5.91 Å². The van der Waals surface area contributed by atoms with Crippen LogP contribution >= 0.6 is 11.8 Å². The van der Waals surface area contributed by atoms with Crippen LogP contribution in [0.3, 0.4) is 0 Å². The topological polar surface area (TPSA) is 72.7 Å². The number of para-hydroxylation sites is 1. The Morgan fingerprint density at radius 2 is 2.04 bits per heavy atom. The molecule has 0 bridgehead atoms. The third kappa shape index (κ3) is 3.73. The molecule has 0 fully saturated rings. The van der Waals surface area contributed by atoms with E-state index < -0.39 is 0 Å². The maximum Gasteiger partial charge on any atom is 0.230 e. The van der Waals surface area contributed by atoms with Crippen LogP contribution in [-0.2, 0) is 4.79 Å². The zero-order valence-corrected chi connectivity index (χ0v) is 14.5. The van der Waals surface area contributed by atoms with Crippen molar-refractivity contribution in [3.63, 3.8) is 0 Å². The van der Waals surface area contributed by atoms with Gasteiger partial charge < -0.3 is 5.32 Å². The molecule has 2 aromatic heterocycles. The fourth-order valence-electron chi connectivity index (χ4n) is 2.20. The van der Waals surface area contributed by atoms with Crippen LogP contribution in [0.4, 0.5) is 0 Å². The standard InChI is InChI=1S/C17H19N5OS/c1-12(2)8-18-15(23)10-24-17-14-9-21-22(16(14)19-11-20-17)13-6-4-3-5-7-13/h3-7,9,11-12H,8,10H2,1-2H3,(H,18,23). The molecule has 124 valence electrons. The van der Waals surface area contributed by atoms with Crippen LogP contribution in [0.25, 0.3) is 16.7 Å². The summed E-state index contributed by atoms with van der Waals surface area (Å²) in [7, 11) is 0. The van der Waals surface area contributed by atoms with Crippen molar-refractivity contribution in [1.82, 2.24) is 25.1 Å². The fourth-order valence-corrected chi connectivity index (χ4v) is 2.99. The molecule has 0 saturated carbocycles. The number of hydrogen-bond acceptors (Lipinski definition) is 5. The molecule has 0 saturated heterocycles. The summed E-state index contributed by atoms with van der Waals surface area (Å²) >= 11 is 1.40. The van der Waals surface area contributed by atoms with Gasteiger partial charge in [0.05, 0.1) is 23.0 Å². The molecule has 0 spiro atoms. The third-order valence-electron chi connectivity index (χ3n) is 3.38. The van der Waals surface area contributed by atoms with Crippen LogP contribution in [0.2, 0.25) is 0 Å². The van der Waals surface area contributed by atoms with Crippen molar-refractivity contribution in [1.29, 1.82) is 0 Å². The summed E-state index contributed by atoms with van der Waals surface area (Å²) in [5.41, 5.74) is 1.68. The summed E-state index contributed by atoms with van der Waals surface area (Å²) in [5.74, 6) is 0.778. The molecule has 0 aliphatic carbocycles. The Hall–Kier alpha value is -2.41. The highest BCUT2D eigenvalue weighted by Gasteiger charge is 2.12. The van der Waals surface area contributed by atoms with Gasteiger partial charge in [-0.05, 0) is 18.1 Å². The smallest absolute Gasteiger partial charge is 0.230 e. The first-order chi connectivity index (χ1) is 11.6. The van der Waals surface area contributed by atoms with E-state index in [1.165, 1.54) is 18.1 Å². The number of fused-ring (bicyclic) bond motifs is 1. The molecule has 2 heterocycles. The van der Waals surface area contributed by atoms with Crippen molar-refractivity contribution in [2.24, 2.45) is 5.92 Å². The molecule has 1 aromatic carbocycles. The molecule has 1 amide bonds. The van der Waals surface area contributed by atoms with E-state index >= 15 is 0 Å². The predicted molar refractivity (Wildman–Crippen MR) is 95.2 cm³/mol. The average Bonchev–Trinajstić information content (AvgIpc) is 3.03. The van der Waals surface area contributed by atoms with E-state index in [0.29, 0.717) is 18.2 Å². The summed E-state index contributed by atoms with van der Waals surface area (Å²) in [6.07, 6.45) is 3.26. The zero-order chi connectivity index (χ0) is 16.9. The second kappa shape index (κ2) is 7.44. The molecule has 1 N–H and O–H groups in total. The van der Waals surface area contributed by atoms with Gasteiger partial charge >= 0.3 is 0 Å². The van der Waals surface area contributed by atoms with E-state index in [4.69, 9.17) is 0 Å². The summed E-state index contributed by atoms with van der Waals surface area (Å²) in [6, 6.07) is 9.82. The predicted octanol–water partition coefficient (Wildman–Crippen LogP) is 2.68.